The van der Waals surface area contributed by atoms with E-state index in [0.717, 1.165) is 46.1 Å². The predicted molar refractivity (Wildman–Crippen MR) is 112 cm³/mol. The zero-order valence-corrected chi connectivity index (χ0v) is 16.1. The Morgan fingerprint density at radius 1 is 0.966 bits per heavy atom. The van der Waals surface area contributed by atoms with Gasteiger partial charge in [-0.3, -0.25) is 4.79 Å². The summed E-state index contributed by atoms with van der Waals surface area (Å²) in [5, 5.41) is 7.12. The number of methoxy groups -OCH3 is 1. The Morgan fingerprint density at radius 2 is 1.76 bits per heavy atom. The Bertz CT molecular complexity index is 1090. The normalized spacial score (nSPS) is 20.8. The minimum atomic E-state index is -0.289. The standard InChI is InChI=1S/C24H22N2O3/c1-28-22-10-5-2-7-16(22)24-23-19(25-17-8-3-4-9-18(17)26-24)13-15(14-20(23)27)21-11-6-12-29-21/h2-12,15,24-26H,13-14H2,1H3/t15-,24-/m1/s1. The highest BCUT2D eigenvalue weighted by atomic mass is 16.5. The van der Waals surface area contributed by atoms with Crippen molar-refractivity contribution in [2.45, 2.75) is 24.8 Å². The summed E-state index contributed by atoms with van der Waals surface area (Å²) >= 11 is 0. The van der Waals surface area contributed by atoms with Crippen LogP contribution in [0.1, 0.15) is 36.1 Å². The Kier molecular flexibility index (Phi) is 4.35. The molecule has 0 fully saturated rings. The Balaban J connectivity index is 1.65. The number of hydrogen-bond acceptors (Lipinski definition) is 5. The topological polar surface area (TPSA) is 63.5 Å². The van der Waals surface area contributed by atoms with Gasteiger partial charge in [-0.15, -0.1) is 0 Å². The second-order valence-corrected chi connectivity index (χ2v) is 7.43. The van der Waals surface area contributed by atoms with Crippen molar-refractivity contribution in [3.8, 4) is 5.75 Å². The molecule has 0 radical (unpaired) electrons. The van der Waals surface area contributed by atoms with E-state index >= 15 is 0 Å². The molecule has 29 heavy (non-hydrogen) atoms. The quantitative estimate of drug-likeness (QED) is 0.642. The number of carbonyl (C=O) groups is 1. The fourth-order valence-corrected chi connectivity index (χ4v) is 4.36. The van der Waals surface area contributed by atoms with Crippen LogP contribution in [-0.4, -0.2) is 12.9 Å². The highest BCUT2D eigenvalue weighted by molar-refractivity contribution is 6.01. The fourth-order valence-electron chi connectivity index (χ4n) is 4.36. The number of para-hydroxylation sites is 3. The van der Waals surface area contributed by atoms with E-state index in [1.54, 1.807) is 13.4 Å². The third-order valence-corrected chi connectivity index (χ3v) is 5.70. The molecule has 1 aliphatic carbocycles. The summed E-state index contributed by atoms with van der Waals surface area (Å²) in [5.41, 5.74) is 4.58. The van der Waals surface area contributed by atoms with Gasteiger partial charge < -0.3 is 19.8 Å². The second kappa shape index (κ2) is 7.17. The third-order valence-electron chi connectivity index (χ3n) is 5.70. The van der Waals surface area contributed by atoms with Crippen LogP contribution in [0.15, 0.2) is 82.6 Å². The van der Waals surface area contributed by atoms with E-state index in [4.69, 9.17) is 9.15 Å². The van der Waals surface area contributed by atoms with Crippen LogP contribution < -0.4 is 15.4 Å². The SMILES string of the molecule is COc1ccccc1[C@H]1Nc2ccccc2NC2=C1C(=O)C[C@H](c1ccco1)C2. The summed E-state index contributed by atoms with van der Waals surface area (Å²) in [6.07, 6.45) is 2.81. The average molecular weight is 386 g/mol. The minimum absolute atomic E-state index is 0.0346. The van der Waals surface area contributed by atoms with Crippen molar-refractivity contribution in [3.63, 3.8) is 0 Å². The van der Waals surface area contributed by atoms with Gasteiger partial charge in [-0.05, 0) is 36.8 Å². The molecule has 5 heteroatoms. The Morgan fingerprint density at radius 3 is 2.55 bits per heavy atom. The molecule has 2 heterocycles. The average Bonchev–Trinajstić information content (AvgIpc) is 3.23. The van der Waals surface area contributed by atoms with Gasteiger partial charge in [0.2, 0.25) is 0 Å². The Hall–Kier alpha value is -3.47. The van der Waals surface area contributed by atoms with Gasteiger partial charge in [0.15, 0.2) is 5.78 Å². The van der Waals surface area contributed by atoms with Crippen molar-refractivity contribution in [2.24, 2.45) is 0 Å². The number of hydrogen-bond donors (Lipinski definition) is 2. The minimum Gasteiger partial charge on any atom is -0.496 e. The monoisotopic (exact) mass is 386 g/mol. The zero-order chi connectivity index (χ0) is 19.8. The lowest BCUT2D eigenvalue weighted by Gasteiger charge is -2.29. The van der Waals surface area contributed by atoms with Crippen molar-refractivity contribution >= 4 is 17.2 Å². The first-order valence-electron chi connectivity index (χ1n) is 9.79. The lowest BCUT2D eigenvalue weighted by Crippen LogP contribution is -2.27. The molecule has 0 saturated carbocycles. The maximum atomic E-state index is 13.4. The van der Waals surface area contributed by atoms with Crippen LogP contribution in [0.3, 0.4) is 0 Å². The number of allylic oxidation sites excluding steroid dienone is 1. The molecule has 2 aromatic carbocycles. The molecule has 1 aromatic heterocycles. The molecule has 146 valence electrons. The van der Waals surface area contributed by atoms with E-state index in [0.29, 0.717) is 6.42 Å². The lowest BCUT2D eigenvalue weighted by molar-refractivity contribution is -0.116. The largest absolute Gasteiger partial charge is 0.496 e. The number of benzene rings is 2. The van der Waals surface area contributed by atoms with Crippen LogP contribution in [0.2, 0.25) is 0 Å². The van der Waals surface area contributed by atoms with Crippen LogP contribution in [0.5, 0.6) is 5.75 Å². The molecule has 3 aromatic rings. The first-order valence-corrected chi connectivity index (χ1v) is 9.79. The number of ketones is 1. The molecule has 2 aliphatic rings. The highest BCUT2D eigenvalue weighted by Crippen LogP contribution is 2.45. The molecule has 5 rings (SSSR count). The fraction of sp³-hybridized carbons (Fsp3) is 0.208. The number of carbonyl (C=O) groups excluding carboxylic acids is 1. The number of fused-ring (bicyclic) bond motifs is 1. The molecule has 0 amide bonds. The van der Waals surface area contributed by atoms with Gasteiger partial charge in [0, 0.05) is 29.2 Å². The number of Topliss-reactive ketones (excluding diaryl/α,β-unsaturated/α-hetero) is 1. The number of anilines is 2. The van der Waals surface area contributed by atoms with Gasteiger partial charge in [0.1, 0.15) is 11.5 Å². The van der Waals surface area contributed by atoms with Crippen LogP contribution in [0.25, 0.3) is 0 Å². The van der Waals surface area contributed by atoms with E-state index in [2.05, 4.69) is 10.6 Å². The number of furan rings is 1. The van der Waals surface area contributed by atoms with E-state index < -0.39 is 0 Å². The number of ether oxygens (including phenoxy) is 1. The number of rotatable bonds is 3. The summed E-state index contributed by atoms with van der Waals surface area (Å²) in [7, 11) is 1.66. The first kappa shape index (κ1) is 17.6. The van der Waals surface area contributed by atoms with Crippen molar-refractivity contribution in [1.82, 2.24) is 0 Å². The van der Waals surface area contributed by atoms with E-state index in [1.165, 1.54) is 0 Å². The maximum absolute atomic E-state index is 13.4. The molecule has 1 aliphatic heterocycles. The van der Waals surface area contributed by atoms with E-state index in [1.807, 2.05) is 60.7 Å². The van der Waals surface area contributed by atoms with E-state index in [9.17, 15) is 4.79 Å². The Labute approximate surface area is 169 Å². The highest BCUT2D eigenvalue weighted by Gasteiger charge is 2.37. The predicted octanol–water partition coefficient (Wildman–Crippen LogP) is 5.27. The summed E-state index contributed by atoms with van der Waals surface area (Å²) in [4.78, 5) is 13.4. The summed E-state index contributed by atoms with van der Waals surface area (Å²) < 4.78 is 11.2. The molecule has 0 spiro atoms. The van der Waals surface area contributed by atoms with Crippen LogP contribution in [-0.2, 0) is 4.79 Å². The van der Waals surface area contributed by atoms with Crippen LogP contribution in [0.4, 0.5) is 11.4 Å². The molecular weight excluding hydrogens is 364 g/mol. The third kappa shape index (κ3) is 3.09. The number of nitrogens with one attached hydrogen (secondary N) is 2. The zero-order valence-electron chi connectivity index (χ0n) is 16.1. The first-order chi connectivity index (χ1) is 14.2. The second-order valence-electron chi connectivity index (χ2n) is 7.43. The van der Waals surface area contributed by atoms with Gasteiger partial charge in [-0.25, -0.2) is 0 Å². The summed E-state index contributed by atoms with van der Waals surface area (Å²) in [6.45, 7) is 0. The molecule has 0 saturated heterocycles. The van der Waals surface area contributed by atoms with Gasteiger partial charge in [0.05, 0.1) is 30.8 Å². The molecule has 5 nitrogen and oxygen atoms in total. The van der Waals surface area contributed by atoms with Gasteiger partial charge in [-0.2, -0.15) is 0 Å². The smallest absolute Gasteiger partial charge is 0.163 e. The van der Waals surface area contributed by atoms with Gasteiger partial charge >= 0.3 is 0 Å². The lowest BCUT2D eigenvalue weighted by atomic mass is 9.80. The van der Waals surface area contributed by atoms with Gasteiger partial charge in [-0.1, -0.05) is 30.3 Å². The van der Waals surface area contributed by atoms with Crippen molar-refractivity contribution in [1.29, 1.82) is 0 Å². The van der Waals surface area contributed by atoms with Crippen molar-refractivity contribution in [3.05, 3.63) is 89.5 Å². The van der Waals surface area contributed by atoms with Crippen molar-refractivity contribution < 1.29 is 13.9 Å². The van der Waals surface area contributed by atoms with E-state index in [-0.39, 0.29) is 17.7 Å². The molecular formula is C24H22N2O3. The summed E-state index contributed by atoms with van der Waals surface area (Å²) in [6, 6.07) is 19.4. The molecule has 0 unspecified atom stereocenters. The van der Waals surface area contributed by atoms with Crippen molar-refractivity contribution in [2.75, 3.05) is 17.7 Å². The van der Waals surface area contributed by atoms with Crippen LogP contribution >= 0.6 is 0 Å². The molecule has 0 bridgehead atoms. The van der Waals surface area contributed by atoms with Crippen LogP contribution in [0, 0.1) is 0 Å². The molecule has 2 N–H and O–H groups in total. The maximum Gasteiger partial charge on any atom is 0.163 e. The summed E-state index contributed by atoms with van der Waals surface area (Å²) in [5.74, 6) is 1.77. The van der Waals surface area contributed by atoms with Gasteiger partial charge in [0.25, 0.3) is 0 Å². The molecule has 2 atom stereocenters.